The fourth-order valence-electron chi connectivity index (χ4n) is 4.02. The molecule has 1 aromatic carbocycles. The van der Waals surface area contributed by atoms with Gasteiger partial charge in [-0.3, -0.25) is 0 Å². The fourth-order valence-corrected chi connectivity index (χ4v) is 4.02. The van der Waals surface area contributed by atoms with Crippen LogP contribution in [0.1, 0.15) is 115 Å². The number of aryl methyl sites for hydroxylation is 1. The van der Waals surface area contributed by atoms with Gasteiger partial charge >= 0.3 is 5.97 Å². The van der Waals surface area contributed by atoms with Gasteiger partial charge in [-0.05, 0) is 49.8 Å². The van der Waals surface area contributed by atoms with Crippen LogP contribution in [0.2, 0.25) is 0 Å². The van der Waals surface area contributed by atoms with Crippen LogP contribution in [0.15, 0.2) is 18.2 Å². The van der Waals surface area contributed by atoms with Crippen LogP contribution < -0.4 is 4.74 Å². The number of hydrogen-bond donors (Lipinski definition) is 0. The van der Waals surface area contributed by atoms with Gasteiger partial charge in [-0.2, -0.15) is 0 Å². The summed E-state index contributed by atoms with van der Waals surface area (Å²) >= 11 is 0. The molecule has 0 spiro atoms. The van der Waals surface area contributed by atoms with Crippen LogP contribution in [0.3, 0.4) is 0 Å². The number of unbranched alkanes of at least 4 members (excludes halogenated alkanes) is 9. The molecule has 0 bridgehead atoms. The van der Waals surface area contributed by atoms with Gasteiger partial charge in [-0.15, -0.1) is 0 Å². The number of aldehydes is 1. The maximum Gasteiger partial charge on any atom is 0.344 e. The van der Waals surface area contributed by atoms with E-state index in [4.69, 9.17) is 9.47 Å². The van der Waals surface area contributed by atoms with Crippen molar-refractivity contribution in [1.82, 2.24) is 0 Å². The molecule has 0 aromatic heterocycles. The van der Waals surface area contributed by atoms with Crippen molar-refractivity contribution in [3.63, 3.8) is 0 Å². The van der Waals surface area contributed by atoms with Gasteiger partial charge in [0.15, 0.2) is 6.61 Å². The summed E-state index contributed by atoms with van der Waals surface area (Å²) in [5.74, 6) is 0.343. The lowest BCUT2D eigenvalue weighted by molar-refractivity contribution is -0.151. The number of carbonyl (C=O) groups excluding carboxylic acids is 2. The molecule has 0 N–H and O–H groups in total. The van der Waals surface area contributed by atoms with Crippen molar-refractivity contribution in [1.29, 1.82) is 0 Å². The molecule has 1 atom stereocenters. The lowest BCUT2D eigenvalue weighted by atomic mass is 9.91. The Balaban J connectivity index is 0.000000368. The van der Waals surface area contributed by atoms with Crippen molar-refractivity contribution in [2.24, 2.45) is 0 Å². The van der Waals surface area contributed by atoms with Crippen molar-refractivity contribution in [2.75, 3.05) is 6.61 Å². The van der Waals surface area contributed by atoms with Crippen molar-refractivity contribution in [2.45, 2.75) is 123 Å². The second kappa shape index (κ2) is 18.7. The van der Waals surface area contributed by atoms with Gasteiger partial charge in [-0.25, -0.2) is 4.79 Å². The average Bonchev–Trinajstić information content (AvgIpc) is 2.80. The molecule has 0 amide bonds. The van der Waals surface area contributed by atoms with Crippen LogP contribution in [0.4, 0.5) is 0 Å². The highest BCUT2D eigenvalue weighted by molar-refractivity contribution is 5.71. The Morgan fingerprint density at radius 2 is 1.53 bits per heavy atom. The molecular formula is C28H46O4. The van der Waals surface area contributed by atoms with E-state index in [2.05, 4.69) is 19.9 Å². The second-order valence-electron chi connectivity index (χ2n) is 8.92. The minimum absolute atomic E-state index is 0.111. The SMILES string of the molecule is CC(CC=O)OC(=O)COc1cccc2c1CCCC2.CCCCCCCCCCCC. The lowest BCUT2D eigenvalue weighted by Crippen LogP contribution is -2.21. The van der Waals surface area contributed by atoms with Crippen molar-refractivity contribution in [3.05, 3.63) is 29.3 Å². The van der Waals surface area contributed by atoms with Crippen LogP contribution in [0.25, 0.3) is 0 Å². The zero-order valence-electron chi connectivity index (χ0n) is 20.8. The van der Waals surface area contributed by atoms with Crippen molar-refractivity contribution >= 4 is 12.3 Å². The van der Waals surface area contributed by atoms with Crippen LogP contribution in [-0.4, -0.2) is 25.0 Å². The Hall–Kier alpha value is -1.84. The van der Waals surface area contributed by atoms with E-state index in [9.17, 15) is 9.59 Å². The summed E-state index contributed by atoms with van der Waals surface area (Å²) in [6.07, 6.45) is 19.5. The number of esters is 1. The maximum atomic E-state index is 11.6. The summed E-state index contributed by atoms with van der Waals surface area (Å²) in [4.78, 5) is 21.9. The third-order valence-corrected chi connectivity index (χ3v) is 5.92. The van der Waals surface area contributed by atoms with Gasteiger partial charge in [-0.1, -0.05) is 90.2 Å². The third-order valence-electron chi connectivity index (χ3n) is 5.92. The summed E-state index contributed by atoms with van der Waals surface area (Å²) in [7, 11) is 0. The second-order valence-corrected chi connectivity index (χ2v) is 8.92. The van der Waals surface area contributed by atoms with Crippen LogP contribution >= 0.6 is 0 Å². The smallest absolute Gasteiger partial charge is 0.344 e. The van der Waals surface area contributed by atoms with E-state index in [1.807, 2.05) is 12.1 Å². The van der Waals surface area contributed by atoms with Crippen molar-refractivity contribution < 1.29 is 19.1 Å². The summed E-state index contributed by atoms with van der Waals surface area (Å²) in [5.41, 5.74) is 2.53. The minimum atomic E-state index is -0.437. The Bertz CT molecular complexity index is 616. The van der Waals surface area contributed by atoms with E-state index in [1.165, 1.54) is 81.8 Å². The Kier molecular flexibility index (Phi) is 16.5. The van der Waals surface area contributed by atoms with E-state index >= 15 is 0 Å². The largest absolute Gasteiger partial charge is 0.482 e. The molecule has 182 valence electrons. The molecule has 0 aliphatic heterocycles. The first-order chi connectivity index (χ1) is 15.6. The number of benzene rings is 1. The zero-order valence-corrected chi connectivity index (χ0v) is 20.8. The standard InChI is InChI=1S/C16H20O4.C12H26/c1-12(9-10-17)20-16(18)11-19-15-8-4-6-13-5-2-3-7-14(13)15;1-3-5-7-9-11-12-10-8-6-4-2/h4,6,8,10,12H,2-3,5,7,9,11H2,1H3;3-12H2,1-2H3. The van der Waals surface area contributed by atoms with Crippen LogP contribution in [0.5, 0.6) is 5.75 Å². The molecule has 0 radical (unpaired) electrons. The first kappa shape index (κ1) is 28.2. The maximum absolute atomic E-state index is 11.6. The third kappa shape index (κ3) is 12.9. The highest BCUT2D eigenvalue weighted by Gasteiger charge is 2.15. The highest BCUT2D eigenvalue weighted by Crippen LogP contribution is 2.29. The summed E-state index contributed by atoms with van der Waals surface area (Å²) < 4.78 is 10.6. The topological polar surface area (TPSA) is 52.6 Å². The van der Waals surface area contributed by atoms with Gasteiger partial charge in [0.05, 0.1) is 0 Å². The van der Waals surface area contributed by atoms with Gasteiger partial charge in [0, 0.05) is 6.42 Å². The molecule has 4 nitrogen and oxygen atoms in total. The van der Waals surface area contributed by atoms with Gasteiger partial charge in [0.25, 0.3) is 0 Å². The quantitative estimate of drug-likeness (QED) is 0.160. The predicted octanol–water partition coefficient (Wildman–Crippen LogP) is 7.39. The molecular weight excluding hydrogens is 400 g/mol. The van der Waals surface area contributed by atoms with E-state index < -0.39 is 12.1 Å². The van der Waals surface area contributed by atoms with E-state index in [0.29, 0.717) is 0 Å². The first-order valence-corrected chi connectivity index (χ1v) is 13.0. The molecule has 1 aromatic rings. The highest BCUT2D eigenvalue weighted by atomic mass is 16.6. The minimum Gasteiger partial charge on any atom is -0.482 e. The van der Waals surface area contributed by atoms with Crippen LogP contribution in [-0.2, 0) is 27.2 Å². The van der Waals surface area contributed by atoms with E-state index in [1.54, 1.807) is 6.92 Å². The molecule has 4 heteroatoms. The molecule has 0 heterocycles. The molecule has 1 aliphatic carbocycles. The lowest BCUT2D eigenvalue weighted by Gasteiger charge is -2.19. The molecule has 0 saturated heterocycles. The Labute approximate surface area is 196 Å². The summed E-state index contributed by atoms with van der Waals surface area (Å²) in [6.45, 7) is 6.14. The molecule has 32 heavy (non-hydrogen) atoms. The van der Waals surface area contributed by atoms with Crippen LogP contribution in [0, 0.1) is 0 Å². The normalized spacial score (nSPS) is 13.3. The predicted molar refractivity (Wildman–Crippen MR) is 132 cm³/mol. The van der Waals surface area contributed by atoms with E-state index in [0.717, 1.165) is 31.3 Å². The molecule has 1 aliphatic rings. The fraction of sp³-hybridized carbons (Fsp3) is 0.714. The molecule has 0 fully saturated rings. The number of ether oxygens (including phenoxy) is 2. The van der Waals surface area contributed by atoms with Crippen molar-refractivity contribution in [3.8, 4) is 5.75 Å². The summed E-state index contributed by atoms with van der Waals surface area (Å²) in [6, 6.07) is 5.97. The van der Waals surface area contributed by atoms with E-state index in [-0.39, 0.29) is 13.0 Å². The zero-order chi connectivity index (χ0) is 23.4. The average molecular weight is 447 g/mol. The monoisotopic (exact) mass is 446 g/mol. The number of hydrogen-bond acceptors (Lipinski definition) is 4. The molecule has 0 saturated carbocycles. The molecule has 2 rings (SSSR count). The number of rotatable bonds is 15. The van der Waals surface area contributed by atoms with Gasteiger partial charge in [0.1, 0.15) is 18.1 Å². The number of fused-ring (bicyclic) bond motifs is 1. The molecule has 1 unspecified atom stereocenters. The Morgan fingerprint density at radius 3 is 2.12 bits per heavy atom. The van der Waals surface area contributed by atoms with Gasteiger partial charge in [0.2, 0.25) is 0 Å². The summed E-state index contributed by atoms with van der Waals surface area (Å²) in [5, 5.41) is 0. The van der Waals surface area contributed by atoms with Gasteiger partial charge < -0.3 is 14.3 Å². The first-order valence-electron chi connectivity index (χ1n) is 13.0. The Morgan fingerprint density at radius 1 is 0.938 bits per heavy atom. The number of carbonyl (C=O) groups is 2.